The zero-order chi connectivity index (χ0) is 17.9. The van der Waals surface area contributed by atoms with E-state index in [0.29, 0.717) is 18.9 Å². The average Bonchev–Trinajstić information content (AvgIpc) is 2.46. The van der Waals surface area contributed by atoms with E-state index in [0.717, 1.165) is 24.3 Å². The van der Waals surface area contributed by atoms with Crippen LogP contribution in [-0.2, 0) is 12.5 Å². The molecule has 0 saturated heterocycles. The second-order valence-electron chi connectivity index (χ2n) is 5.06. The number of hydrogen-bond acceptors (Lipinski definition) is 2. The van der Waals surface area contributed by atoms with E-state index in [9.17, 15) is 22.0 Å². The molecule has 2 rings (SSSR count). The molecule has 0 unspecified atom stereocenters. The molecule has 0 aliphatic heterocycles. The van der Waals surface area contributed by atoms with E-state index in [-0.39, 0.29) is 11.1 Å². The number of aryl methyl sites for hydroxylation is 1. The van der Waals surface area contributed by atoms with Gasteiger partial charge in [0.05, 0.1) is 5.56 Å². The SMILES string of the molecule is CCCc1cc(F)c(C(F)(F)Oc2ccc(C#N)c(F)c2)c(F)c1. The number of rotatable bonds is 5. The summed E-state index contributed by atoms with van der Waals surface area (Å²) in [5, 5.41) is 8.58. The van der Waals surface area contributed by atoms with Crippen LogP contribution in [0.4, 0.5) is 22.0 Å². The second-order valence-corrected chi connectivity index (χ2v) is 5.06. The molecule has 0 radical (unpaired) electrons. The Labute approximate surface area is 135 Å². The number of ether oxygens (including phenoxy) is 1. The number of alkyl halides is 2. The first-order valence-electron chi connectivity index (χ1n) is 7.03. The number of halogens is 5. The minimum Gasteiger partial charge on any atom is -0.429 e. The Kier molecular flexibility index (Phi) is 5.07. The predicted octanol–water partition coefficient (Wildman–Crippen LogP) is 5.06. The Morgan fingerprint density at radius 2 is 1.67 bits per heavy atom. The van der Waals surface area contributed by atoms with Crippen LogP contribution in [0.25, 0.3) is 0 Å². The maximum Gasteiger partial charge on any atom is 0.432 e. The number of hydrogen-bond donors (Lipinski definition) is 0. The fraction of sp³-hybridized carbons (Fsp3) is 0.235. The van der Waals surface area contributed by atoms with Gasteiger partial charge < -0.3 is 4.74 Å². The summed E-state index contributed by atoms with van der Waals surface area (Å²) in [5.74, 6) is -4.63. The Balaban J connectivity index is 2.37. The van der Waals surface area contributed by atoms with E-state index in [1.54, 1.807) is 6.92 Å². The highest BCUT2D eigenvalue weighted by molar-refractivity contribution is 5.37. The average molecular weight is 341 g/mol. The van der Waals surface area contributed by atoms with E-state index in [1.807, 2.05) is 0 Å². The van der Waals surface area contributed by atoms with Crippen molar-refractivity contribution in [3.05, 3.63) is 64.5 Å². The summed E-state index contributed by atoms with van der Waals surface area (Å²) in [4.78, 5) is 0. The highest BCUT2D eigenvalue weighted by atomic mass is 19.3. The van der Waals surface area contributed by atoms with E-state index < -0.39 is 34.9 Å². The highest BCUT2D eigenvalue weighted by Gasteiger charge is 2.41. The van der Waals surface area contributed by atoms with Crippen molar-refractivity contribution in [1.82, 2.24) is 0 Å². The fourth-order valence-corrected chi connectivity index (χ4v) is 2.19. The van der Waals surface area contributed by atoms with E-state index in [2.05, 4.69) is 4.74 Å². The van der Waals surface area contributed by atoms with Gasteiger partial charge in [0.1, 0.15) is 34.8 Å². The molecule has 24 heavy (non-hydrogen) atoms. The van der Waals surface area contributed by atoms with Gasteiger partial charge in [0.2, 0.25) is 0 Å². The van der Waals surface area contributed by atoms with Crippen LogP contribution in [-0.4, -0.2) is 0 Å². The van der Waals surface area contributed by atoms with Gasteiger partial charge in [-0.1, -0.05) is 13.3 Å². The molecule has 2 aromatic carbocycles. The molecule has 0 atom stereocenters. The van der Waals surface area contributed by atoms with Crippen LogP contribution in [0.2, 0.25) is 0 Å². The van der Waals surface area contributed by atoms with Crippen LogP contribution in [0.15, 0.2) is 30.3 Å². The molecule has 0 aliphatic carbocycles. The number of nitriles is 1. The summed E-state index contributed by atoms with van der Waals surface area (Å²) < 4.78 is 73.7. The molecule has 126 valence electrons. The van der Waals surface area contributed by atoms with Crippen LogP contribution < -0.4 is 4.74 Å². The Bertz CT molecular complexity index is 775. The molecule has 7 heteroatoms. The maximum absolute atomic E-state index is 14.1. The normalized spacial score (nSPS) is 11.2. The monoisotopic (exact) mass is 341 g/mol. The zero-order valence-electron chi connectivity index (χ0n) is 12.5. The van der Waals surface area contributed by atoms with Gasteiger partial charge in [-0.2, -0.15) is 14.0 Å². The molecule has 0 heterocycles. The van der Waals surface area contributed by atoms with Gasteiger partial charge >= 0.3 is 6.11 Å². The fourth-order valence-electron chi connectivity index (χ4n) is 2.19. The van der Waals surface area contributed by atoms with Gasteiger partial charge in [-0.3, -0.25) is 0 Å². The van der Waals surface area contributed by atoms with Gasteiger partial charge in [-0.25, -0.2) is 13.2 Å². The third kappa shape index (κ3) is 3.65. The van der Waals surface area contributed by atoms with Crippen molar-refractivity contribution < 1.29 is 26.7 Å². The van der Waals surface area contributed by atoms with Crippen LogP contribution >= 0.6 is 0 Å². The van der Waals surface area contributed by atoms with E-state index in [1.165, 1.54) is 6.07 Å². The van der Waals surface area contributed by atoms with Crippen molar-refractivity contribution in [2.45, 2.75) is 25.9 Å². The van der Waals surface area contributed by atoms with E-state index >= 15 is 0 Å². The van der Waals surface area contributed by atoms with Crippen molar-refractivity contribution in [1.29, 1.82) is 5.26 Å². The molecular weight excluding hydrogens is 329 g/mol. The van der Waals surface area contributed by atoms with Crippen LogP contribution in [0.5, 0.6) is 5.75 Å². The van der Waals surface area contributed by atoms with Crippen molar-refractivity contribution in [2.24, 2.45) is 0 Å². The summed E-state index contributed by atoms with van der Waals surface area (Å²) in [7, 11) is 0. The summed E-state index contributed by atoms with van der Waals surface area (Å²) in [5.41, 5.74) is -1.67. The van der Waals surface area contributed by atoms with Gasteiger partial charge in [-0.15, -0.1) is 0 Å². The highest BCUT2D eigenvalue weighted by Crippen LogP contribution is 2.36. The molecule has 0 aromatic heterocycles. The van der Waals surface area contributed by atoms with Crippen molar-refractivity contribution >= 4 is 0 Å². The van der Waals surface area contributed by atoms with Crippen molar-refractivity contribution in [3.63, 3.8) is 0 Å². The van der Waals surface area contributed by atoms with Crippen LogP contribution in [0.1, 0.15) is 30.0 Å². The van der Waals surface area contributed by atoms with Gasteiger partial charge in [0.25, 0.3) is 0 Å². The Morgan fingerprint density at radius 3 is 2.17 bits per heavy atom. The third-order valence-electron chi connectivity index (χ3n) is 3.24. The molecule has 0 amide bonds. The lowest BCUT2D eigenvalue weighted by Gasteiger charge is -2.20. The second kappa shape index (κ2) is 6.87. The van der Waals surface area contributed by atoms with Gasteiger partial charge in [-0.05, 0) is 36.2 Å². The first-order chi connectivity index (χ1) is 11.3. The first kappa shape index (κ1) is 17.7. The molecule has 0 bridgehead atoms. The topological polar surface area (TPSA) is 33.0 Å². The lowest BCUT2D eigenvalue weighted by Crippen LogP contribution is -2.25. The Morgan fingerprint density at radius 1 is 1.04 bits per heavy atom. The number of benzene rings is 2. The van der Waals surface area contributed by atoms with Crippen LogP contribution in [0.3, 0.4) is 0 Å². The zero-order valence-corrected chi connectivity index (χ0v) is 12.5. The lowest BCUT2D eigenvalue weighted by atomic mass is 10.1. The quantitative estimate of drug-likeness (QED) is 0.713. The molecule has 0 saturated carbocycles. The molecule has 0 spiro atoms. The third-order valence-corrected chi connectivity index (χ3v) is 3.24. The van der Waals surface area contributed by atoms with Crippen molar-refractivity contribution in [3.8, 4) is 11.8 Å². The first-order valence-corrected chi connectivity index (χ1v) is 7.03. The summed E-state index contributed by atoms with van der Waals surface area (Å²) in [6, 6.07) is 5.54. The summed E-state index contributed by atoms with van der Waals surface area (Å²) >= 11 is 0. The molecule has 2 aromatic rings. The lowest BCUT2D eigenvalue weighted by molar-refractivity contribution is -0.189. The molecule has 0 N–H and O–H groups in total. The summed E-state index contributed by atoms with van der Waals surface area (Å²) in [6.07, 6.45) is -3.42. The molecule has 0 aliphatic rings. The number of nitrogens with zero attached hydrogens (tertiary/aromatic N) is 1. The summed E-state index contributed by atoms with van der Waals surface area (Å²) in [6.45, 7) is 1.78. The largest absolute Gasteiger partial charge is 0.432 e. The Hall–Kier alpha value is -2.62. The molecule has 2 nitrogen and oxygen atoms in total. The molecular formula is C17H12F5NO. The smallest absolute Gasteiger partial charge is 0.429 e. The van der Waals surface area contributed by atoms with Gasteiger partial charge in [0, 0.05) is 6.07 Å². The van der Waals surface area contributed by atoms with Crippen LogP contribution in [0, 0.1) is 28.8 Å². The maximum atomic E-state index is 14.1. The predicted molar refractivity (Wildman–Crippen MR) is 76.0 cm³/mol. The van der Waals surface area contributed by atoms with Gasteiger partial charge in [0.15, 0.2) is 0 Å². The molecule has 0 fully saturated rings. The minimum atomic E-state index is -4.35. The minimum absolute atomic E-state index is 0.247. The van der Waals surface area contributed by atoms with Crippen molar-refractivity contribution in [2.75, 3.05) is 0 Å². The van der Waals surface area contributed by atoms with E-state index in [4.69, 9.17) is 5.26 Å². The standard InChI is InChI=1S/C17H12F5NO/c1-2-3-10-6-14(19)16(15(20)7-10)17(21,22)24-12-5-4-11(9-23)13(18)8-12/h4-8H,2-3H2,1H3.